The number of hydrogen-bond donors (Lipinski definition) is 5. The third-order valence-electron chi connectivity index (χ3n) is 24.3. The Kier molecular flexibility index (Phi) is 19.8. The van der Waals surface area contributed by atoms with Gasteiger partial charge in [0.05, 0.1) is 75.3 Å². The van der Waals surface area contributed by atoms with Crippen LogP contribution in [0.25, 0.3) is 93.8 Å². The number of aryl methyl sites for hydroxylation is 4. The van der Waals surface area contributed by atoms with Crippen molar-refractivity contribution < 1.29 is 24.5 Å². The van der Waals surface area contributed by atoms with Gasteiger partial charge in [-0.25, -0.2) is 14.5 Å². The van der Waals surface area contributed by atoms with Gasteiger partial charge in [0.25, 0.3) is 28.1 Å². The first kappa shape index (κ1) is 75.2. The van der Waals surface area contributed by atoms with Crippen LogP contribution in [0.2, 0.25) is 0 Å². The monoisotopic (exact) mass is 1530 g/mol. The quantitative estimate of drug-likeness (QED) is 0.0572. The van der Waals surface area contributed by atoms with E-state index in [1.807, 2.05) is 97.1 Å². The molecule has 17 rings (SSSR count). The van der Waals surface area contributed by atoms with Gasteiger partial charge >= 0.3 is 0 Å². The smallest absolute Gasteiger partial charge is 0.266 e. The zero-order valence-electron chi connectivity index (χ0n) is 66.7. The van der Waals surface area contributed by atoms with E-state index in [-0.39, 0.29) is 82.4 Å². The minimum absolute atomic E-state index is 0.00277. The van der Waals surface area contributed by atoms with E-state index in [1.54, 1.807) is 26.4 Å². The van der Waals surface area contributed by atoms with E-state index in [1.165, 1.54) is 57.7 Å². The van der Waals surface area contributed by atoms with Gasteiger partial charge in [-0.2, -0.15) is 0 Å². The molecule has 9 aromatic carbocycles. The number of ether oxygens (including phenoxy) is 2. The van der Waals surface area contributed by atoms with Crippen LogP contribution in [0.3, 0.4) is 0 Å². The number of phenolic OH excluding ortho intramolecular Hbond substituents is 2. The van der Waals surface area contributed by atoms with E-state index in [0.717, 1.165) is 159 Å². The summed E-state index contributed by atoms with van der Waals surface area (Å²) in [6.07, 6.45) is 4.28. The number of nitrogens with one attached hydrogen (secondary N) is 3. The molecule has 116 heavy (non-hydrogen) atoms. The highest BCUT2D eigenvalue weighted by Gasteiger charge is 2.30. The molecule has 0 spiro atoms. The largest absolute Gasteiger partial charge is 0.507 e. The van der Waals surface area contributed by atoms with Crippen LogP contribution in [0.1, 0.15) is 178 Å². The second-order valence-electron chi connectivity index (χ2n) is 30.8. The van der Waals surface area contributed by atoms with Gasteiger partial charge in [0.2, 0.25) is 0 Å². The lowest BCUT2D eigenvalue weighted by molar-refractivity contribution is 0.102. The topological polar surface area (TPSA) is 224 Å². The van der Waals surface area contributed by atoms with Gasteiger partial charge in [-0.05, 0) is 233 Å². The Labute approximate surface area is 671 Å². The SMILES string of the molecule is CCC1=C(C)c2nc1cc1[nH]c(c(C)c1CC)c(-c1ccccc1)c1nc(cc3[nH]c(c(C)c3CC)c2-c2cc3c(O)c(c2)Cc2cccc(c2OC)Cc2cc(NC(=O)c4ccc(-n5c(=O)c6cc7c(=O)n(CCC(c8ccccc8)c8ccccc8)c(=O)c7cc6c5=O)cc4)cc(c2O)Cc2cccc(c2OC)C3)C(CC)=C1C. The normalized spacial score (nSPS) is 12.9. The molecule has 1 amide bonds. The van der Waals surface area contributed by atoms with Gasteiger partial charge in [-0.15, -0.1) is 0 Å². The van der Waals surface area contributed by atoms with Crippen LogP contribution in [0.15, 0.2) is 219 Å². The lowest BCUT2D eigenvalue weighted by atomic mass is 9.88. The molecule has 2 aliphatic heterocycles. The number of amides is 1. The number of rotatable bonds is 16. The lowest BCUT2D eigenvalue weighted by Gasteiger charge is -2.21. The van der Waals surface area contributed by atoms with Gasteiger partial charge in [0, 0.05) is 82.7 Å². The number of nitrogens with zero attached hydrogens (tertiary/aromatic N) is 4. The summed E-state index contributed by atoms with van der Waals surface area (Å²) in [5.74, 6) is 0.668. The maximum atomic E-state index is 14.6. The fraction of sp³-hybridized carbons (Fsp3) is 0.210. The molecule has 1 aliphatic carbocycles. The first-order valence-corrected chi connectivity index (χ1v) is 40.0. The zero-order chi connectivity index (χ0) is 80.6. The standard InChI is InChI=1S/C100H89N7O9/c1-11-73-54(5)88-86(60-30-22-17-23-31-60)89-55(6)74(12-2)83(103-89)53-85-76(14-4)57(8)91(105-85)87(90-56(7)75(13-3)84(104-90)52-82(73)102-88)66-46-67-42-62-32-24-34-64(94(62)115-9)44-69-48-71(49-70(93(69)109)45-65-35-25-33-63(95(65)116-10)43-68(47-66)92(67)108)101-96(110)61-36-38-72(39-37-61)107-99(113)80-50-78-79(51-81(80)100(107)114)98(112)106(97(78)111)41-40-77(58-26-18-15-19-27-58)59-28-20-16-21-29-59/h15-39,46-53,77,102,105,108-109H,11-14,40-45H2,1-10H3,(H,101,110). The van der Waals surface area contributed by atoms with Crippen LogP contribution in [0.4, 0.5) is 5.69 Å². The lowest BCUT2D eigenvalue weighted by Crippen LogP contribution is -2.26. The molecule has 0 radical (unpaired) electrons. The Bertz CT molecular complexity index is 6650. The van der Waals surface area contributed by atoms with Crippen LogP contribution >= 0.6 is 0 Å². The first-order valence-electron chi connectivity index (χ1n) is 40.0. The van der Waals surface area contributed by atoms with E-state index < -0.39 is 28.1 Å². The highest BCUT2D eigenvalue weighted by molar-refractivity contribution is 6.06. The number of aromatic nitrogens is 6. The van der Waals surface area contributed by atoms with Crippen LogP contribution in [-0.4, -0.2) is 59.4 Å². The Morgan fingerprint density at radius 1 is 0.466 bits per heavy atom. The van der Waals surface area contributed by atoms with Crippen LogP contribution in [0.5, 0.6) is 23.0 Å². The van der Waals surface area contributed by atoms with Crippen molar-refractivity contribution in [2.24, 2.45) is 0 Å². The van der Waals surface area contributed by atoms with Crippen LogP contribution < -0.4 is 37.0 Å². The van der Waals surface area contributed by atoms with Gasteiger partial charge in [0.15, 0.2) is 0 Å². The van der Waals surface area contributed by atoms with E-state index >= 15 is 0 Å². The molecule has 16 bridgehead atoms. The summed E-state index contributed by atoms with van der Waals surface area (Å²) < 4.78 is 15.0. The van der Waals surface area contributed by atoms with E-state index in [2.05, 4.69) is 125 Å². The number of H-pyrrole nitrogens is 2. The van der Waals surface area contributed by atoms with E-state index in [4.69, 9.17) is 19.4 Å². The highest BCUT2D eigenvalue weighted by atomic mass is 16.5. The summed E-state index contributed by atoms with van der Waals surface area (Å²) in [5, 5.41) is 28.9. The number of aromatic hydroxyl groups is 2. The van der Waals surface area contributed by atoms with Gasteiger partial charge in [0.1, 0.15) is 23.0 Å². The van der Waals surface area contributed by atoms with Gasteiger partial charge in [-0.1, -0.05) is 155 Å². The zero-order valence-corrected chi connectivity index (χ0v) is 66.7. The predicted molar refractivity (Wildman–Crippen MR) is 466 cm³/mol. The van der Waals surface area contributed by atoms with Crippen molar-refractivity contribution in [3.63, 3.8) is 0 Å². The average Bonchev–Trinajstić information content (AvgIpc) is 1.45. The fourth-order valence-corrected chi connectivity index (χ4v) is 18.5. The number of para-hydroxylation sites is 2. The summed E-state index contributed by atoms with van der Waals surface area (Å²) in [5.41, 5.74) is 26.3. The molecule has 0 atom stereocenters. The maximum absolute atomic E-state index is 14.6. The van der Waals surface area contributed by atoms with Crippen molar-refractivity contribution in [2.75, 3.05) is 19.5 Å². The highest BCUT2D eigenvalue weighted by Crippen LogP contribution is 2.47. The predicted octanol–water partition coefficient (Wildman–Crippen LogP) is 19.9. The number of hydrogen-bond acceptors (Lipinski definition) is 11. The second-order valence-corrected chi connectivity index (χ2v) is 30.8. The second kappa shape index (κ2) is 30.5. The molecule has 3 aliphatic rings. The molecule has 0 fully saturated rings. The molecule has 16 nitrogen and oxygen atoms in total. The summed E-state index contributed by atoms with van der Waals surface area (Å²) in [7, 11) is 3.26. The first-order chi connectivity index (χ1) is 56.3. The number of allylic oxidation sites excluding steroid dienone is 4. The molecule has 578 valence electrons. The number of methoxy groups -OCH3 is 2. The Morgan fingerprint density at radius 2 is 0.871 bits per heavy atom. The number of benzene rings is 9. The van der Waals surface area contributed by atoms with E-state index in [9.17, 15) is 34.2 Å². The number of fused-ring (bicyclic) bond motifs is 18. The number of carbonyl (C=O) groups excluding carboxylic acids is 1. The third-order valence-corrected chi connectivity index (χ3v) is 24.3. The van der Waals surface area contributed by atoms with Crippen LogP contribution in [-0.2, 0) is 45.1 Å². The molecular weight excluding hydrogens is 1440 g/mol. The third kappa shape index (κ3) is 12.9. The van der Waals surface area contributed by atoms with Crippen LogP contribution in [0, 0.1) is 13.8 Å². The molecule has 0 saturated carbocycles. The molecular formula is C100H89N7O9. The number of phenols is 2. The summed E-state index contributed by atoms with van der Waals surface area (Å²) >= 11 is 0. The van der Waals surface area contributed by atoms with Crippen molar-refractivity contribution in [3.8, 4) is 50.9 Å². The number of anilines is 1. The van der Waals surface area contributed by atoms with Crippen molar-refractivity contribution in [1.29, 1.82) is 0 Å². The van der Waals surface area contributed by atoms with Crippen molar-refractivity contribution in [3.05, 3.63) is 348 Å². The molecule has 16 heteroatoms. The molecule has 0 unspecified atom stereocenters. The van der Waals surface area contributed by atoms with Gasteiger partial charge < -0.3 is 35.0 Å². The van der Waals surface area contributed by atoms with Crippen molar-refractivity contribution in [1.82, 2.24) is 29.1 Å². The Balaban J connectivity index is 0.741. The van der Waals surface area contributed by atoms with Gasteiger partial charge in [-0.3, -0.25) is 28.5 Å². The minimum atomic E-state index is -0.670. The molecule has 14 aromatic rings. The molecule has 5 N–H and O–H groups in total. The maximum Gasteiger partial charge on any atom is 0.266 e. The fourth-order valence-electron chi connectivity index (χ4n) is 18.5. The summed E-state index contributed by atoms with van der Waals surface area (Å²) in [4.78, 5) is 91.0. The van der Waals surface area contributed by atoms with Crippen molar-refractivity contribution in [2.45, 2.75) is 126 Å². The number of carbonyl (C=O) groups is 1. The summed E-state index contributed by atoms with van der Waals surface area (Å²) in [6, 6.07) is 63.2. The molecule has 5 aromatic heterocycles. The Hall–Kier alpha value is -13.5. The molecule has 0 saturated heterocycles. The van der Waals surface area contributed by atoms with Crippen molar-refractivity contribution >= 4 is 77.5 Å². The molecule has 7 heterocycles. The number of aromatic amines is 2. The summed E-state index contributed by atoms with van der Waals surface area (Å²) in [6.45, 7) is 17.8. The minimum Gasteiger partial charge on any atom is -0.507 e. The average molecular weight is 1530 g/mol. The Morgan fingerprint density at radius 3 is 1.28 bits per heavy atom. The van der Waals surface area contributed by atoms with E-state index in [0.29, 0.717) is 45.9 Å².